The molecule has 1 aromatic heterocycles. The van der Waals surface area contributed by atoms with Crippen molar-refractivity contribution in [2.45, 2.75) is 71.5 Å². The number of alkyl halides is 2. The molecule has 0 N–H and O–H groups in total. The standard InChI is InChI=1S/C15H26F2N4/c1-12(2)8-13-6-4-3-5-7-20(13)10-15-18-11-19-21(15)9-14(16)17/h11-14H,3-10H2,1-2H3/t13-/m1/s1. The fraction of sp³-hybridized carbons (Fsp3) is 0.867. The molecular weight excluding hydrogens is 274 g/mol. The Hall–Kier alpha value is -1.04. The second-order valence-corrected chi connectivity index (χ2v) is 6.35. The summed E-state index contributed by atoms with van der Waals surface area (Å²) in [6.07, 6.45) is 5.04. The van der Waals surface area contributed by atoms with Gasteiger partial charge in [0.05, 0.1) is 6.54 Å². The smallest absolute Gasteiger partial charge is 0.257 e. The van der Waals surface area contributed by atoms with Gasteiger partial charge in [0, 0.05) is 6.04 Å². The molecule has 0 saturated carbocycles. The number of rotatable bonds is 6. The van der Waals surface area contributed by atoms with Gasteiger partial charge in [0.15, 0.2) is 0 Å². The Labute approximate surface area is 125 Å². The molecule has 1 aliphatic heterocycles. The first-order valence-electron chi connectivity index (χ1n) is 7.95. The number of likely N-dealkylation sites (tertiary alicyclic amines) is 1. The van der Waals surface area contributed by atoms with E-state index in [4.69, 9.17) is 0 Å². The molecule has 0 unspecified atom stereocenters. The van der Waals surface area contributed by atoms with E-state index >= 15 is 0 Å². The van der Waals surface area contributed by atoms with Crippen LogP contribution in [0.1, 0.15) is 51.8 Å². The summed E-state index contributed by atoms with van der Waals surface area (Å²) in [6, 6.07) is 0.532. The molecular formula is C15H26F2N4. The van der Waals surface area contributed by atoms with Crippen molar-refractivity contribution < 1.29 is 8.78 Å². The quantitative estimate of drug-likeness (QED) is 0.808. The van der Waals surface area contributed by atoms with Crippen molar-refractivity contribution in [3.63, 3.8) is 0 Å². The molecule has 0 radical (unpaired) electrons. The van der Waals surface area contributed by atoms with Gasteiger partial charge in [-0.1, -0.05) is 26.7 Å². The van der Waals surface area contributed by atoms with E-state index < -0.39 is 6.43 Å². The van der Waals surface area contributed by atoms with Crippen LogP contribution in [0.5, 0.6) is 0 Å². The minimum Gasteiger partial charge on any atom is -0.293 e. The van der Waals surface area contributed by atoms with Crippen LogP contribution in [0.25, 0.3) is 0 Å². The Morgan fingerprint density at radius 3 is 2.81 bits per heavy atom. The second kappa shape index (κ2) is 7.82. The lowest BCUT2D eigenvalue weighted by Crippen LogP contribution is -2.36. The largest absolute Gasteiger partial charge is 0.293 e. The first-order chi connectivity index (χ1) is 10.1. The van der Waals surface area contributed by atoms with Crippen LogP contribution < -0.4 is 0 Å². The molecule has 1 saturated heterocycles. The molecule has 1 atom stereocenters. The predicted octanol–water partition coefficient (Wildman–Crippen LogP) is 3.33. The Balaban J connectivity index is 2.05. The SMILES string of the molecule is CC(C)C[C@H]1CCCCCN1Cc1ncnn1CC(F)F. The summed E-state index contributed by atoms with van der Waals surface area (Å²) in [5.74, 6) is 1.31. The third-order valence-corrected chi connectivity index (χ3v) is 4.09. The van der Waals surface area contributed by atoms with Crippen LogP contribution in [-0.4, -0.2) is 38.7 Å². The summed E-state index contributed by atoms with van der Waals surface area (Å²) in [5.41, 5.74) is 0. The summed E-state index contributed by atoms with van der Waals surface area (Å²) in [6.45, 7) is 5.77. The molecule has 4 nitrogen and oxygen atoms in total. The topological polar surface area (TPSA) is 34.0 Å². The van der Waals surface area contributed by atoms with Crippen LogP contribution in [0.3, 0.4) is 0 Å². The monoisotopic (exact) mass is 300 g/mol. The maximum Gasteiger partial charge on any atom is 0.257 e. The van der Waals surface area contributed by atoms with Crippen molar-refractivity contribution in [3.8, 4) is 0 Å². The average Bonchev–Trinajstić information content (AvgIpc) is 2.69. The van der Waals surface area contributed by atoms with Gasteiger partial charge >= 0.3 is 0 Å². The highest BCUT2D eigenvalue weighted by Gasteiger charge is 2.23. The van der Waals surface area contributed by atoms with Crippen LogP contribution in [0.15, 0.2) is 6.33 Å². The van der Waals surface area contributed by atoms with Crippen molar-refractivity contribution in [2.24, 2.45) is 5.92 Å². The van der Waals surface area contributed by atoms with Gasteiger partial charge in [-0.15, -0.1) is 0 Å². The lowest BCUT2D eigenvalue weighted by molar-refractivity contribution is 0.115. The summed E-state index contributed by atoms with van der Waals surface area (Å²) in [7, 11) is 0. The van der Waals surface area contributed by atoms with Crippen molar-refractivity contribution in [2.75, 3.05) is 6.54 Å². The van der Waals surface area contributed by atoms with Gasteiger partial charge in [-0.3, -0.25) is 4.90 Å². The maximum atomic E-state index is 12.6. The van der Waals surface area contributed by atoms with Crippen LogP contribution in [0.4, 0.5) is 8.78 Å². The van der Waals surface area contributed by atoms with Crippen LogP contribution in [0.2, 0.25) is 0 Å². The van der Waals surface area contributed by atoms with Gasteiger partial charge < -0.3 is 0 Å². The van der Waals surface area contributed by atoms with Gasteiger partial charge in [-0.05, 0) is 31.7 Å². The van der Waals surface area contributed by atoms with E-state index in [2.05, 4.69) is 28.8 Å². The van der Waals surface area contributed by atoms with Gasteiger partial charge in [0.25, 0.3) is 6.43 Å². The molecule has 2 heterocycles. The van der Waals surface area contributed by atoms with E-state index in [1.165, 1.54) is 36.7 Å². The number of halogens is 2. The number of hydrogen-bond donors (Lipinski definition) is 0. The highest BCUT2D eigenvalue weighted by atomic mass is 19.3. The Morgan fingerprint density at radius 2 is 2.10 bits per heavy atom. The molecule has 6 heteroatoms. The van der Waals surface area contributed by atoms with Crippen LogP contribution in [-0.2, 0) is 13.1 Å². The molecule has 21 heavy (non-hydrogen) atoms. The van der Waals surface area contributed by atoms with Crippen molar-refractivity contribution in [3.05, 3.63) is 12.2 Å². The Kier molecular flexibility index (Phi) is 6.08. The molecule has 0 aliphatic carbocycles. The van der Waals surface area contributed by atoms with E-state index in [1.807, 2.05) is 0 Å². The van der Waals surface area contributed by atoms with Gasteiger partial charge in [0.1, 0.15) is 18.7 Å². The number of nitrogens with zero attached hydrogens (tertiary/aromatic N) is 4. The molecule has 0 spiro atoms. The van der Waals surface area contributed by atoms with E-state index in [9.17, 15) is 8.78 Å². The lowest BCUT2D eigenvalue weighted by Gasteiger charge is -2.30. The van der Waals surface area contributed by atoms with E-state index in [-0.39, 0.29) is 6.54 Å². The first-order valence-corrected chi connectivity index (χ1v) is 7.95. The molecule has 1 fully saturated rings. The first kappa shape index (κ1) is 16.3. The lowest BCUT2D eigenvalue weighted by atomic mass is 9.99. The number of aromatic nitrogens is 3. The highest BCUT2D eigenvalue weighted by molar-refractivity contribution is 4.88. The van der Waals surface area contributed by atoms with E-state index in [0.717, 1.165) is 13.0 Å². The molecule has 1 aliphatic rings. The second-order valence-electron chi connectivity index (χ2n) is 6.35. The zero-order valence-electron chi connectivity index (χ0n) is 13.0. The van der Waals surface area contributed by atoms with Crippen molar-refractivity contribution in [1.29, 1.82) is 0 Å². The fourth-order valence-corrected chi connectivity index (χ4v) is 3.13. The van der Waals surface area contributed by atoms with Crippen LogP contribution in [0, 0.1) is 5.92 Å². The summed E-state index contributed by atoms with van der Waals surface area (Å²) in [4.78, 5) is 6.60. The molecule has 0 bridgehead atoms. The number of hydrogen-bond acceptors (Lipinski definition) is 3. The normalized spacial score (nSPS) is 21.1. The highest BCUT2D eigenvalue weighted by Crippen LogP contribution is 2.23. The van der Waals surface area contributed by atoms with Gasteiger partial charge in [0.2, 0.25) is 0 Å². The Bertz CT molecular complexity index is 420. The fourth-order valence-electron chi connectivity index (χ4n) is 3.13. The van der Waals surface area contributed by atoms with Gasteiger partial charge in [-0.25, -0.2) is 18.4 Å². The Morgan fingerprint density at radius 1 is 1.29 bits per heavy atom. The van der Waals surface area contributed by atoms with Gasteiger partial charge in [-0.2, -0.15) is 5.10 Å². The zero-order valence-corrected chi connectivity index (χ0v) is 13.0. The zero-order chi connectivity index (χ0) is 15.2. The minimum atomic E-state index is -2.39. The molecule has 1 aromatic rings. The molecule has 0 aromatic carbocycles. The predicted molar refractivity (Wildman–Crippen MR) is 78.1 cm³/mol. The molecule has 2 rings (SSSR count). The maximum absolute atomic E-state index is 12.6. The average molecular weight is 300 g/mol. The summed E-state index contributed by atoms with van der Waals surface area (Å²) >= 11 is 0. The van der Waals surface area contributed by atoms with Crippen molar-refractivity contribution in [1.82, 2.24) is 19.7 Å². The third-order valence-electron chi connectivity index (χ3n) is 4.09. The minimum absolute atomic E-state index is 0.363. The molecule has 0 amide bonds. The molecule has 120 valence electrons. The van der Waals surface area contributed by atoms with Crippen molar-refractivity contribution >= 4 is 0 Å². The third kappa shape index (κ3) is 5.02. The van der Waals surface area contributed by atoms with Crippen LogP contribution >= 0.6 is 0 Å². The van der Waals surface area contributed by atoms with E-state index in [0.29, 0.717) is 24.3 Å². The van der Waals surface area contributed by atoms with E-state index in [1.54, 1.807) is 0 Å². The summed E-state index contributed by atoms with van der Waals surface area (Å²) < 4.78 is 26.5. The summed E-state index contributed by atoms with van der Waals surface area (Å²) in [5, 5.41) is 3.93.